The van der Waals surface area contributed by atoms with E-state index < -0.39 is 11.5 Å². The quantitative estimate of drug-likeness (QED) is 0.751. The summed E-state index contributed by atoms with van der Waals surface area (Å²) < 4.78 is 0. The summed E-state index contributed by atoms with van der Waals surface area (Å²) >= 11 is 0. The predicted molar refractivity (Wildman–Crippen MR) is 115 cm³/mol. The van der Waals surface area contributed by atoms with Crippen molar-refractivity contribution in [3.8, 4) is 0 Å². The van der Waals surface area contributed by atoms with Gasteiger partial charge in [-0.2, -0.15) is 0 Å². The van der Waals surface area contributed by atoms with E-state index in [9.17, 15) is 9.59 Å². The van der Waals surface area contributed by atoms with Gasteiger partial charge < -0.3 is 5.32 Å². The van der Waals surface area contributed by atoms with Crippen molar-refractivity contribution in [3.63, 3.8) is 0 Å². The number of carbonyl (C=O) groups excluding carboxylic acids is 2. The largest absolute Gasteiger partial charge is 0.350 e. The summed E-state index contributed by atoms with van der Waals surface area (Å²) in [6, 6.07) is 5.81. The number of aryl methyl sites for hydroxylation is 1. The minimum atomic E-state index is -0.556. The molecule has 1 aromatic rings. The third-order valence-corrected chi connectivity index (χ3v) is 6.15. The molecule has 1 aliphatic carbocycles. The van der Waals surface area contributed by atoms with E-state index in [0.29, 0.717) is 0 Å². The number of anilines is 1. The van der Waals surface area contributed by atoms with Crippen LogP contribution in [0, 0.1) is 12.3 Å². The second kappa shape index (κ2) is 6.89. The van der Waals surface area contributed by atoms with Crippen LogP contribution in [-0.4, -0.2) is 23.4 Å². The Morgan fingerprint density at radius 2 is 1.64 bits per heavy atom. The van der Waals surface area contributed by atoms with E-state index in [1.807, 2.05) is 46.4 Å². The van der Waals surface area contributed by atoms with Gasteiger partial charge in [0.2, 0.25) is 11.8 Å². The maximum atomic E-state index is 13.7. The minimum Gasteiger partial charge on any atom is -0.350 e. The molecule has 1 saturated carbocycles. The molecule has 1 N–H and O–H groups in total. The highest BCUT2D eigenvalue weighted by Crippen LogP contribution is 2.55. The standard InChI is InChI=1S/C24H36N2O2/c1-16-12-11-13-17-18(16)26(21(28)22(2,3)4)19(20(27)25-23(5,6)7)24(17)14-9-8-10-15-24/h11-13,19H,8-10,14-15H2,1-7H3,(H,25,27). The lowest BCUT2D eigenvalue weighted by Gasteiger charge is -2.42. The van der Waals surface area contributed by atoms with Crippen LogP contribution in [0.25, 0.3) is 0 Å². The third-order valence-electron chi connectivity index (χ3n) is 6.15. The van der Waals surface area contributed by atoms with Crippen LogP contribution in [0.5, 0.6) is 0 Å². The predicted octanol–water partition coefficient (Wildman–Crippen LogP) is 4.87. The highest BCUT2D eigenvalue weighted by atomic mass is 16.2. The fourth-order valence-electron chi connectivity index (χ4n) is 5.02. The molecule has 1 aliphatic heterocycles. The van der Waals surface area contributed by atoms with Crippen LogP contribution >= 0.6 is 0 Å². The van der Waals surface area contributed by atoms with Crippen LogP contribution in [0.4, 0.5) is 5.69 Å². The summed E-state index contributed by atoms with van der Waals surface area (Å²) in [5.41, 5.74) is 2.06. The van der Waals surface area contributed by atoms with Crippen molar-refractivity contribution in [3.05, 3.63) is 29.3 Å². The van der Waals surface area contributed by atoms with E-state index in [2.05, 4.69) is 30.4 Å². The molecule has 154 valence electrons. The number of rotatable bonds is 1. The Kier molecular flexibility index (Phi) is 5.14. The first-order valence-electron chi connectivity index (χ1n) is 10.6. The van der Waals surface area contributed by atoms with Crippen LogP contribution in [0.3, 0.4) is 0 Å². The zero-order chi connectivity index (χ0) is 20.9. The van der Waals surface area contributed by atoms with Crippen molar-refractivity contribution in [1.82, 2.24) is 5.32 Å². The lowest BCUT2D eigenvalue weighted by Crippen LogP contribution is -2.60. The van der Waals surface area contributed by atoms with E-state index in [1.165, 1.54) is 12.0 Å². The summed E-state index contributed by atoms with van der Waals surface area (Å²) in [5, 5.41) is 3.19. The molecule has 0 aromatic heterocycles. The Hall–Kier alpha value is -1.84. The van der Waals surface area contributed by atoms with Crippen LogP contribution in [0.1, 0.15) is 84.8 Å². The van der Waals surface area contributed by atoms with Gasteiger partial charge in [-0.05, 0) is 51.7 Å². The normalized spacial score (nSPS) is 21.5. The average Bonchev–Trinajstić information content (AvgIpc) is 2.84. The van der Waals surface area contributed by atoms with E-state index in [-0.39, 0.29) is 22.8 Å². The van der Waals surface area contributed by atoms with Gasteiger partial charge in [0.1, 0.15) is 6.04 Å². The molecule has 4 heteroatoms. The van der Waals surface area contributed by atoms with E-state index in [4.69, 9.17) is 0 Å². The Bertz CT molecular complexity index is 777. The molecule has 1 atom stereocenters. The van der Waals surface area contributed by atoms with E-state index in [1.54, 1.807) is 0 Å². The number of benzene rings is 1. The molecular formula is C24H36N2O2. The molecule has 3 rings (SSSR count). The maximum Gasteiger partial charge on any atom is 0.244 e. The third kappa shape index (κ3) is 3.46. The lowest BCUT2D eigenvalue weighted by molar-refractivity contribution is -0.132. The molecule has 0 saturated heterocycles. The zero-order valence-electron chi connectivity index (χ0n) is 18.6. The molecule has 2 aliphatic rings. The van der Waals surface area contributed by atoms with Crippen LogP contribution in [-0.2, 0) is 15.0 Å². The summed E-state index contributed by atoms with van der Waals surface area (Å²) in [6.07, 6.45) is 5.32. The van der Waals surface area contributed by atoms with E-state index >= 15 is 0 Å². The number of hydrogen-bond donors (Lipinski definition) is 1. The molecule has 1 spiro atoms. The Labute approximate surface area is 170 Å². The first-order valence-corrected chi connectivity index (χ1v) is 10.6. The zero-order valence-corrected chi connectivity index (χ0v) is 18.6. The molecule has 1 unspecified atom stereocenters. The van der Waals surface area contributed by atoms with Crippen molar-refractivity contribution >= 4 is 17.5 Å². The average molecular weight is 385 g/mol. The summed E-state index contributed by atoms with van der Waals surface area (Å²) in [6.45, 7) is 13.9. The lowest BCUT2D eigenvalue weighted by atomic mass is 9.66. The van der Waals surface area contributed by atoms with Crippen LogP contribution in [0.15, 0.2) is 18.2 Å². The number of nitrogens with zero attached hydrogens (tertiary/aromatic N) is 1. The number of nitrogens with one attached hydrogen (secondary N) is 1. The van der Waals surface area contributed by atoms with Crippen LogP contribution < -0.4 is 10.2 Å². The molecule has 0 radical (unpaired) electrons. The highest BCUT2D eigenvalue weighted by Gasteiger charge is 2.57. The Balaban J connectivity index is 2.23. The van der Waals surface area contributed by atoms with Gasteiger partial charge in [-0.1, -0.05) is 58.2 Å². The monoisotopic (exact) mass is 384 g/mol. The first kappa shape index (κ1) is 20.9. The Morgan fingerprint density at radius 1 is 1.04 bits per heavy atom. The van der Waals surface area contributed by atoms with Crippen LogP contribution in [0.2, 0.25) is 0 Å². The summed E-state index contributed by atoms with van der Waals surface area (Å²) in [7, 11) is 0. The fraction of sp³-hybridized carbons (Fsp3) is 0.667. The Morgan fingerprint density at radius 3 is 2.18 bits per heavy atom. The number of para-hydroxylation sites is 1. The number of carbonyl (C=O) groups is 2. The number of fused-ring (bicyclic) bond motifs is 2. The van der Waals surface area contributed by atoms with Crippen molar-refractivity contribution < 1.29 is 9.59 Å². The second-order valence-electron chi connectivity index (χ2n) is 10.8. The maximum absolute atomic E-state index is 13.7. The number of amides is 2. The van der Waals surface area contributed by atoms with Gasteiger partial charge in [-0.25, -0.2) is 0 Å². The van der Waals surface area contributed by atoms with Gasteiger partial charge in [-0.15, -0.1) is 0 Å². The van der Waals surface area contributed by atoms with Crippen molar-refractivity contribution in [2.24, 2.45) is 5.41 Å². The summed E-state index contributed by atoms with van der Waals surface area (Å²) in [4.78, 5) is 29.1. The van der Waals surface area contributed by atoms with E-state index in [0.717, 1.165) is 36.9 Å². The van der Waals surface area contributed by atoms with Gasteiger partial charge in [0, 0.05) is 16.4 Å². The number of hydrogen-bond acceptors (Lipinski definition) is 2. The molecule has 28 heavy (non-hydrogen) atoms. The molecule has 1 heterocycles. The van der Waals surface area contributed by atoms with Crippen molar-refractivity contribution in [2.75, 3.05) is 4.90 Å². The first-order chi connectivity index (χ1) is 12.9. The molecular weight excluding hydrogens is 348 g/mol. The molecule has 4 nitrogen and oxygen atoms in total. The highest BCUT2D eigenvalue weighted by molar-refractivity contribution is 6.07. The smallest absolute Gasteiger partial charge is 0.244 e. The van der Waals surface area contributed by atoms with Crippen molar-refractivity contribution in [2.45, 2.75) is 97.6 Å². The molecule has 0 bridgehead atoms. The SMILES string of the molecule is Cc1cccc2c1N(C(=O)C(C)(C)C)C(C(=O)NC(C)(C)C)C21CCCCC1. The molecule has 1 aromatic carbocycles. The van der Waals surface area contributed by atoms with Gasteiger partial charge in [0.05, 0.1) is 5.69 Å². The second-order valence-corrected chi connectivity index (χ2v) is 10.8. The summed E-state index contributed by atoms with van der Waals surface area (Å²) in [5.74, 6) is 0.00200. The van der Waals surface area contributed by atoms with Gasteiger partial charge >= 0.3 is 0 Å². The van der Waals surface area contributed by atoms with Gasteiger partial charge in [-0.3, -0.25) is 14.5 Å². The topological polar surface area (TPSA) is 49.4 Å². The van der Waals surface area contributed by atoms with Crippen molar-refractivity contribution in [1.29, 1.82) is 0 Å². The van der Waals surface area contributed by atoms with Gasteiger partial charge in [0.25, 0.3) is 0 Å². The molecule has 2 amide bonds. The minimum absolute atomic E-state index is 0.0254. The molecule has 1 fully saturated rings. The van der Waals surface area contributed by atoms with Gasteiger partial charge in [0.15, 0.2) is 0 Å². The fourth-order valence-corrected chi connectivity index (χ4v) is 5.02.